The first-order valence-electron chi connectivity index (χ1n) is 4.32. The third kappa shape index (κ3) is 23.2. The largest absolute Gasteiger partial charge is 0.428 e. The standard InChI is InChI=1S/C3H14Si3.C2H8OSi/c1-2-3-5-6-4;1-2-3-4/h2-3,5-6H2,1,4H3;2H2,1,4H3. The quantitative estimate of drug-likeness (QED) is 0.373. The second-order valence-corrected chi connectivity index (χ2v) is 19.4. The first-order chi connectivity index (χ1) is 4.83. The van der Waals surface area contributed by atoms with Crippen molar-refractivity contribution in [3.8, 4) is 0 Å². The van der Waals surface area contributed by atoms with Gasteiger partial charge in [0.15, 0.2) is 0 Å². The average Bonchev–Trinajstić information content (AvgIpc) is 2.01. The zero-order valence-electron chi connectivity index (χ0n) is 7.94. The van der Waals surface area contributed by atoms with Crippen molar-refractivity contribution in [2.45, 2.75) is 26.3 Å². The van der Waals surface area contributed by atoms with Crippen molar-refractivity contribution in [3.05, 3.63) is 0 Å². The number of rotatable bonds is 4. The minimum Gasteiger partial charge on any atom is -0.428 e. The SMILES string of the molecule is CCC[SiH2][SiH2][SiH3].CCO[SiH3]. The van der Waals surface area contributed by atoms with Crippen molar-refractivity contribution in [1.29, 1.82) is 0 Å². The van der Waals surface area contributed by atoms with Crippen LogP contribution in [0.2, 0.25) is 6.04 Å². The molecule has 0 aromatic heterocycles. The van der Waals surface area contributed by atoms with E-state index in [2.05, 4.69) is 11.3 Å². The van der Waals surface area contributed by atoms with Gasteiger partial charge in [-0.05, 0) is 25.2 Å². The molecule has 0 spiro atoms. The van der Waals surface area contributed by atoms with Crippen LogP contribution >= 0.6 is 0 Å². The van der Waals surface area contributed by atoms with E-state index in [0.717, 1.165) is 17.1 Å². The van der Waals surface area contributed by atoms with Crippen molar-refractivity contribution in [3.63, 3.8) is 0 Å². The highest BCUT2D eigenvalue weighted by molar-refractivity contribution is 7.23. The Labute approximate surface area is 75.5 Å². The normalized spacial score (nSPS) is 11.4. The van der Waals surface area contributed by atoms with E-state index < -0.39 is 0 Å². The lowest BCUT2D eigenvalue weighted by molar-refractivity contribution is 0.375. The Kier molecular flexibility index (Phi) is 22.0. The number of hydrogen-bond acceptors (Lipinski definition) is 1. The van der Waals surface area contributed by atoms with Gasteiger partial charge in [0, 0.05) is 15.6 Å². The maximum atomic E-state index is 4.68. The van der Waals surface area contributed by atoms with Gasteiger partial charge in [0.05, 0.1) is 0 Å². The third-order valence-electron chi connectivity index (χ3n) is 1.25. The predicted octanol–water partition coefficient (Wildman–Crippen LogP) is -2.35. The Balaban J connectivity index is 0. The van der Waals surface area contributed by atoms with Crippen LogP contribution < -0.4 is 0 Å². The minimum absolute atomic E-state index is 0.622. The van der Waals surface area contributed by atoms with Gasteiger partial charge in [-0.1, -0.05) is 19.4 Å². The summed E-state index contributed by atoms with van der Waals surface area (Å²) in [6, 6.07) is 1.65. The van der Waals surface area contributed by atoms with Crippen LogP contribution in [0, 0.1) is 0 Å². The molecule has 1 nitrogen and oxygen atoms in total. The van der Waals surface area contributed by atoms with Gasteiger partial charge in [0.25, 0.3) is 0 Å². The van der Waals surface area contributed by atoms with Crippen LogP contribution in [0.4, 0.5) is 0 Å². The van der Waals surface area contributed by atoms with Gasteiger partial charge in [-0.15, -0.1) is 0 Å². The molecule has 0 saturated carbocycles. The lowest BCUT2D eigenvalue weighted by Crippen LogP contribution is -2.00. The Morgan fingerprint density at radius 1 is 1.40 bits per heavy atom. The Morgan fingerprint density at radius 2 is 1.90 bits per heavy atom. The van der Waals surface area contributed by atoms with Gasteiger partial charge in [-0.25, -0.2) is 0 Å². The minimum atomic E-state index is 0.622. The molecular formula is C5H22OSi4. The molecule has 0 N–H and O–H groups in total. The molecule has 0 fully saturated rings. The fraction of sp³-hybridized carbons (Fsp3) is 1.00. The van der Waals surface area contributed by atoms with Crippen molar-refractivity contribution < 1.29 is 4.43 Å². The maximum Gasteiger partial charge on any atom is 0.145 e. The molecule has 0 bridgehead atoms. The smallest absolute Gasteiger partial charge is 0.145 e. The van der Waals surface area contributed by atoms with E-state index in [0.29, 0.717) is 17.6 Å². The molecule has 0 amide bonds. The molecule has 0 radical (unpaired) electrons. The highest BCUT2D eigenvalue weighted by Crippen LogP contribution is 1.80. The van der Waals surface area contributed by atoms with Crippen LogP contribution in [0.1, 0.15) is 20.3 Å². The lowest BCUT2D eigenvalue weighted by atomic mass is 10.6. The van der Waals surface area contributed by atoms with Gasteiger partial charge in [0.1, 0.15) is 10.5 Å². The van der Waals surface area contributed by atoms with E-state index in [-0.39, 0.29) is 0 Å². The highest BCUT2D eigenvalue weighted by Gasteiger charge is 1.77. The van der Waals surface area contributed by atoms with Crippen LogP contribution in [-0.4, -0.2) is 44.4 Å². The molecule has 0 aliphatic carbocycles. The average molecular weight is 211 g/mol. The van der Waals surface area contributed by atoms with Crippen molar-refractivity contribution in [2.75, 3.05) is 6.61 Å². The Morgan fingerprint density at radius 3 is 2.00 bits per heavy atom. The summed E-state index contributed by atoms with van der Waals surface area (Å²) in [5.74, 6) is 0. The summed E-state index contributed by atoms with van der Waals surface area (Å²) in [6.45, 7) is 5.18. The molecule has 0 saturated heterocycles. The van der Waals surface area contributed by atoms with Gasteiger partial charge in [-0.2, -0.15) is 0 Å². The Bertz CT molecular complexity index is 38.6. The van der Waals surface area contributed by atoms with Crippen LogP contribution in [0.25, 0.3) is 0 Å². The van der Waals surface area contributed by atoms with Crippen molar-refractivity contribution in [2.24, 2.45) is 0 Å². The van der Waals surface area contributed by atoms with E-state index in [1.54, 1.807) is 15.8 Å². The number of hydrogen-bond donors (Lipinski definition) is 0. The van der Waals surface area contributed by atoms with E-state index in [1.165, 1.54) is 6.42 Å². The van der Waals surface area contributed by atoms with Crippen LogP contribution in [0.3, 0.4) is 0 Å². The molecule has 0 heterocycles. The van der Waals surface area contributed by atoms with Crippen LogP contribution in [-0.2, 0) is 4.43 Å². The topological polar surface area (TPSA) is 9.23 Å². The molecule has 0 aliphatic rings. The molecule has 0 rings (SSSR count). The van der Waals surface area contributed by atoms with E-state index in [1.807, 2.05) is 6.92 Å². The first-order valence-corrected chi connectivity index (χ1v) is 15.8. The van der Waals surface area contributed by atoms with Gasteiger partial charge >= 0.3 is 0 Å². The molecule has 0 aromatic rings. The summed E-state index contributed by atoms with van der Waals surface area (Å²) in [5, 5.41) is 0. The van der Waals surface area contributed by atoms with Crippen LogP contribution in [0.15, 0.2) is 0 Å². The zero-order chi connectivity index (χ0) is 8.24. The first kappa shape index (κ1) is 13.4. The van der Waals surface area contributed by atoms with Crippen LogP contribution in [0.5, 0.6) is 0 Å². The maximum absolute atomic E-state index is 4.68. The highest BCUT2D eigenvalue weighted by atomic mass is 29.5. The monoisotopic (exact) mass is 210 g/mol. The second-order valence-electron chi connectivity index (χ2n) is 2.28. The van der Waals surface area contributed by atoms with E-state index >= 15 is 0 Å². The summed E-state index contributed by atoms with van der Waals surface area (Å²) in [6.07, 6.45) is 1.47. The van der Waals surface area contributed by atoms with Gasteiger partial charge in [-0.3, -0.25) is 0 Å². The lowest BCUT2D eigenvalue weighted by Gasteiger charge is -1.83. The molecule has 10 heavy (non-hydrogen) atoms. The third-order valence-corrected chi connectivity index (χ3v) is 13.7. The molecule has 5 heteroatoms. The van der Waals surface area contributed by atoms with Crippen molar-refractivity contribution in [1.82, 2.24) is 0 Å². The predicted molar refractivity (Wildman–Crippen MR) is 63.7 cm³/mol. The molecule has 0 atom stereocenters. The fourth-order valence-corrected chi connectivity index (χ4v) is 9.00. The van der Waals surface area contributed by atoms with E-state index in [4.69, 9.17) is 0 Å². The molecule has 64 valence electrons. The molecule has 0 aliphatic heterocycles. The summed E-state index contributed by atoms with van der Waals surface area (Å²) in [7, 11) is 3.80. The Hall–Kier alpha value is 0.828. The van der Waals surface area contributed by atoms with Gasteiger partial charge in [0.2, 0.25) is 0 Å². The summed E-state index contributed by atoms with van der Waals surface area (Å²) in [5.41, 5.74) is 0. The molecular weight excluding hydrogens is 188 g/mol. The van der Waals surface area contributed by atoms with Gasteiger partial charge < -0.3 is 4.43 Å². The molecule has 0 aromatic carbocycles. The molecule has 0 unspecified atom stereocenters. The van der Waals surface area contributed by atoms with Crippen molar-refractivity contribution >= 4 is 37.8 Å². The van der Waals surface area contributed by atoms with E-state index in [9.17, 15) is 0 Å². The fourth-order valence-electron chi connectivity index (χ4n) is 0.500. The summed E-state index contributed by atoms with van der Waals surface area (Å²) in [4.78, 5) is 0. The summed E-state index contributed by atoms with van der Waals surface area (Å²) >= 11 is 0. The summed E-state index contributed by atoms with van der Waals surface area (Å²) < 4.78 is 4.68. The second kappa shape index (κ2) is 16.4. The zero-order valence-corrected chi connectivity index (χ0v) is 14.8.